The van der Waals surface area contributed by atoms with E-state index in [-0.39, 0.29) is 34.7 Å². The second kappa shape index (κ2) is 11.1. The van der Waals surface area contributed by atoms with Gasteiger partial charge in [0, 0.05) is 29.8 Å². The topological polar surface area (TPSA) is 165 Å². The number of nitrogens with two attached hydrogens (primary N) is 2. The molecule has 0 radical (unpaired) electrons. The lowest BCUT2D eigenvalue weighted by atomic mass is 9.81. The molecular formula is C28H26F4N6O4S. The van der Waals surface area contributed by atoms with E-state index >= 15 is 0 Å². The molecule has 5 rings (SSSR count). The van der Waals surface area contributed by atoms with Crippen molar-refractivity contribution in [3.63, 3.8) is 0 Å². The molecule has 2 amide bonds. The van der Waals surface area contributed by atoms with Gasteiger partial charge in [0.15, 0.2) is 5.13 Å². The normalized spacial score (nSPS) is 17.7. The van der Waals surface area contributed by atoms with Gasteiger partial charge in [0.1, 0.15) is 29.3 Å². The van der Waals surface area contributed by atoms with Gasteiger partial charge in [-0.1, -0.05) is 11.3 Å². The monoisotopic (exact) mass is 618 g/mol. The van der Waals surface area contributed by atoms with Crippen molar-refractivity contribution in [2.24, 2.45) is 11.5 Å². The van der Waals surface area contributed by atoms with Crippen molar-refractivity contribution >= 4 is 38.5 Å². The number of ether oxygens (including phenoxy) is 1. The van der Waals surface area contributed by atoms with Gasteiger partial charge in [-0.05, 0) is 55.5 Å². The van der Waals surface area contributed by atoms with Gasteiger partial charge in [-0.3, -0.25) is 9.59 Å². The van der Waals surface area contributed by atoms with Crippen molar-refractivity contribution in [1.82, 2.24) is 15.3 Å². The number of hydrogen-bond acceptors (Lipinski definition) is 9. The molecule has 0 saturated heterocycles. The molecule has 1 aliphatic heterocycles. The first kappa shape index (κ1) is 30.1. The van der Waals surface area contributed by atoms with E-state index in [2.05, 4.69) is 20.6 Å². The Morgan fingerprint density at radius 2 is 1.86 bits per heavy atom. The van der Waals surface area contributed by atoms with Crippen LogP contribution in [0.1, 0.15) is 28.5 Å². The lowest BCUT2D eigenvalue weighted by Gasteiger charge is -2.31. The fraction of sp³-hybridized carbons (Fsp3) is 0.286. The van der Waals surface area contributed by atoms with E-state index in [0.717, 1.165) is 18.2 Å². The molecule has 43 heavy (non-hydrogen) atoms. The SMILES string of the molecule is C[C@]1(C(N)=O)COc2c1cc(C(O)(CNC(=O)c1ccc3nc(NCCN)sc3c1)C(F)(F)F)nc2-c1ccc(F)cc1. The van der Waals surface area contributed by atoms with Crippen molar-refractivity contribution < 1.29 is 37.0 Å². The molecule has 2 aromatic heterocycles. The number of thiazole rings is 1. The highest BCUT2D eigenvalue weighted by Gasteiger charge is 2.57. The third-order valence-corrected chi connectivity index (χ3v) is 8.18. The third-order valence-electron chi connectivity index (χ3n) is 7.20. The zero-order valence-corrected chi connectivity index (χ0v) is 23.4. The van der Waals surface area contributed by atoms with Gasteiger partial charge >= 0.3 is 6.18 Å². The van der Waals surface area contributed by atoms with Gasteiger partial charge in [0.25, 0.3) is 5.91 Å². The van der Waals surface area contributed by atoms with E-state index < -0.39 is 47.1 Å². The highest BCUT2D eigenvalue weighted by molar-refractivity contribution is 7.22. The molecule has 1 unspecified atom stereocenters. The van der Waals surface area contributed by atoms with Crippen LogP contribution in [0, 0.1) is 5.82 Å². The molecule has 0 saturated carbocycles. The number of fused-ring (bicyclic) bond motifs is 2. The highest BCUT2D eigenvalue weighted by atomic mass is 32.1. The average Bonchev–Trinajstić information content (AvgIpc) is 3.54. The lowest BCUT2D eigenvalue weighted by Crippen LogP contribution is -2.51. The Hall–Kier alpha value is -4.34. The molecule has 3 heterocycles. The van der Waals surface area contributed by atoms with Crippen LogP contribution >= 0.6 is 11.3 Å². The molecule has 226 valence electrons. The van der Waals surface area contributed by atoms with Gasteiger partial charge in [-0.15, -0.1) is 0 Å². The molecule has 7 N–H and O–H groups in total. The van der Waals surface area contributed by atoms with Gasteiger partial charge in [0.05, 0.1) is 22.5 Å². The Morgan fingerprint density at radius 1 is 1.14 bits per heavy atom. The molecule has 0 fully saturated rings. The molecule has 4 aromatic rings. The Morgan fingerprint density at radius 3 is 2.51 bits per heavy atom. The summed E-state index contributed by atoms with van der Waals surface area (Å²) in [4.78, 5) is 33.8. The number of pyridine rings is 1. The minimum atomic E-state index is -5.34. The van der Waals surface area contributed by atoms with Crippen LogP contribution in [0.4, 0.5) is 22.7 Å². The van der Waals surface area contributed by atoms with Crippen molar-refractivity contribution in [1.29, 1.82) is 0 Å². The number of rotatable bonds is 9. The molecule has 15 heteroatoms. The average molecular weight is 619 g/mol. The summed E-state index contributed by atoms with van der Waals surface area (Å²) in [6, 6.07) is 10.0. The van der Waals surface area contributed by atoms with E-state index in [1.54, 1.807) is 6.07 Å². The molecule has 10 nitrogen and oxygen atoms in total. The van der Waals surface area contributed by atoms with Crippen molar-refractivity contribution in [2.45, 2.75) is 24.1 Å². The first-order chi connectivity index (χ1) is 20.3. The van der Waals surface area contributed by atoms with Gasteiger partial charge in [0.2, 0.25) is 11.5 Å². The van der Waals surface area contributed by atoms with Crippen LogP contribution in [0.2, 0.25) is 0 Å². The number of alkyl halides is 3. The molecule has 2 atom stereocenters. The summed E-state index contributed by atoms with van der Waals surface area (Å²) in [5.74, 6) is -2.39. The number of anilines is 1. The molecule has 2 aromatic carbocycles. The number of aromatic nitrogens is 2. The summed E-state index contributed by atoms with van der Waals surface area (Å²) >= 11 is 1.24. The number of benzene rings is 2. The standard InChI is InChI=1S/C28H26F4N6O4S/c1-26(24(34)40)13-42-22-17(26)11-20(38-21(22)14-2-5-16(29)6-3-14)27(41,28(30,31)32)12-36-23(39)15-4-7-18-19(10-15)43-25(37-18)35-9-8-33/h2-7,10-11,41H,8-9,12-13,33H2,1H3,(H2,34,40)(H,35,37)(H,36,39)/t26-,27?/m0/s1. The summed E-state index contributed by atoms with van der Waals surface area (Å²) in [5.41, 5.74) is 5.47. The molecule has 0 spiro atoms. The summed E-state index contributed by atoms with van der Waals surface area (Å²) in [6.45, 7) is 0.642. The number of nitrogens with zero attached hydrogens (tertiary/aromatic N) is 2. The van der Waals surface area contributed by atoms with Gasteiger partial charge in [-0.2, -0.15) is 13.2 Å². The van der Waals surface area contributed by atoms with Crippen LogP contribution in [0.25, 0.3) is 21.5 Å². The maximum Gasteiger partial charge on any atom is 0.424 e. The largest absolute Gasteiger partial charge is 0.489 e. The number of halogens is 4. The maximum atomic E-state index is 14.6. The van der Waals surface area contributed by atoms with Crippen molar-refractivity contribution in [2.75, 3.05) is 31.6 Å². The van der Waals surface area contributed by atoms with Crippen LogP contribution in [0.5, 0.6) is 5.75 Å². The van der Waals surface area contributed by atoms with Crippen LogP contribution in [-0.2, 0) is 15.8 Å². The van der Waals surface area contributed by atoms with E-state index in [4.69, 9.17) is 16.2 Å². The van der Waals surface area contributed by atoms with E-state index in [0.29, 0.717) is 28.4 Å². The first-order valence-corrected chi connectivity index (χ1v) is 13.7. The molecule has 1 aliphatic rings. The van der Waals surface area contributed by atoms with Gasteiger partial charge < -0.3 is 31.9 Å². The second-order valence-electron chi connectivity index (χ2n) is 10.2. The van der Waals surface area contributed by atoms with Crippen LogP contribution in [-0.4, -0.2) is 59.3 Å². The number of carbonyl (C=O) groups is 2. The van der Waals surface area contributed by atoms with Crippen molar-refractivity contribution in [3.05, 3.63) is 71.2 Å². The van der Waals surface area contributed by atoms with Crippen LogP contribution < -0.4 is 26.8 Å². The summed E-state index contributed by atoms with van der Waals surface area (Å²) < 4.78 is 63.7. The number of carbonyl (C=O) groups excluding carboxylic acids is 2. The lowest BCUT2D eigenvalue weighted by molar-refractivity contribution is -0.265. The molecular weight excluding hydrogens is 592 g/mol. The zero-order valence-electron chi connectivity index (χ0n) is 22.6. The van der Waals surface area contributed by atoms with E-state index in [9.17, 15) is 32.3 Å². The Balaban J connectivity index is 1.52. The highest BCUT2D eigenvalue weighted by Crippen LogP contribution is 2.47. The fourth-order valence-electron chi connectivity index (χ4n) is 4.57. The van der Waals surface area contributed by atoms with Gasteiger partial charge in [-0.25, -0.2) is 14.4 Å². The maximum absolute atomic E-state index is 14.6. The fourth-order valence-corrected chi connectivity index (χ4v) is 5.50. The number of aliphatic hydroxyl groups is 1. The minimum Gasteiger partial charge on any atom is -0.489 e. The van der Waals surface area contributed by atoms with E-state index in [1.807, 2.05) is 0 Å². The van der Waals surface area contributed by atoms with Crippen LogP contribution in [0.15, 0.2) is 48.5 Å². The Kier molecular flexibility index (Phi) is 7.75. The number of nitrogens with one attached hydrogen (secondary N) is 2. The number of primary amides is 1. The number of amides is 2. The first-order valence-electron chi connectivity index (χ1n) is 12.9. The summed E-state index contributed by atoms with van der Waals surface area (Å²) in [6.07, 6.45) is -5.34. The van der Waals surface area contributed by atoms with Crippen LogP contribution in [0.3, 0.4) is 0 Å². The number of hydrogen-bond donors (Lipinski definition) is 5. The minimum absolute atomic E-state index is 0.0246. The quantitative estimate of drug-likeness (QED) is 0.179. The summed E-state index contributed by atoms with van der Waals surface area (Å²) in [7, 11) is 0. The van der Waals surface area contributed by atoms with E-state index in [1.165, 1.54) is 42.5 Å². The molecule has 0 aliphatic carbocycles. The Bertz CT molecular complexity index is 1710. The molecule has 0 bridgehead atoms. The predicted molar refractivity (Wildman–Crippen MR) is 151 cm³/mol. The third kappa shape index (κ3) is 5.46. The zero-order chi connectivity index (χ0) is 31.2. The predicted octanol–water partition coefficient (Wildman–Crippen LogP) is 3.18. The Labute approximate surface area is 246 Å². The second-order valence-corrected chi connectivity index (χ2v) is 11.2. The smallest absolute Gasteiger partial charge is 0.424 e. The summed E-state index contributed by atoms with van der Waals surface area (Å²) in [5, 5.41) is 16.9. The van der Waals surface area contributed by atoms with Crippen molar-refractivity contribution in [3.8, 4) is 17.0 Å².